The Morgan fingerprint density at radius 2 is 2.00 bits per heavy atom. The monoisotopic (exact) mass is 303 g/mol. The van der Waals surface area contributed by atoms with Crippen LogP contribution in [0.15, 0.2) is 42.2 Å². The van der Waals surface area contributed by atoms with Crippen LogP contribution < -0.4 is 9.47 Å². The average molecular weight is 303 g/mol. The molecule has 118 valence electrons. The Labute approximate surface area is 130 Å². The summed E-state index contributed by atoms with van der Waals surface area (Å²) in [5, 5.41) is 0. The Morgan fingerprint density at radius 3 is 2.73 bits per heavy atom. The molecule has 1 atom stereocenters. The molecule has 3 rings (SSSR count). The van der Waals surface area contributed by atoms with Gasteiger partial charge in [-0.3, -0.25) is 4.90 Å². The molecule has 0 spiro atoms. The number of hydrogen-bond acceptors (Lipinski definition) is 5. The van der Waals surface area contributed by atoms with Gasteiger partial charge in [0.05, 0.1) is 6.54 Å². The van der Waals surface area contributed by atoms with E-state index < -0.39 is 0 Å². The highest BCUT2D eigenvalue weighted by Gasteiger charge is 2.22. The van der Waals surface area contributed by atoms with E-state index >= 15 is 0 Å². The largest absolute Gasteiger partial charge is 0.454 e. The SMILES string of the molecule is C=C1OC(C)=C(CN(C)[C@@H](C)Cc2ccc3c(c2)OCO3)O1. The van der Waals surface area contributed by atoms with Crippen molar-refractivity contribution >= 4 is 0 Å². The first-order chi connectivity index (χ1) is 10.5. The van der Waals surface area contributed by atoms with Gasteiger partial charge >= 0.3 is 0 Å². The number of ether oxygens (including phenoxy) is 4. The summed E-state index contributed by atoms with van der Waals surface area (Å²) < 4.78 is 21.6. The maximum absolute atomic E-state index is 5.49. The van der Waals surface area contributed by atoms with E-state index in [4.69, 9.17) is 18.9 Å². The van der Waals surface area contributed by atoms with Crippen molar-refractivity contribution in [3.63, 3.8) is 0 Å². The molecule has 1 aromatic carbocycles. The van der Waals surface area contributed by atoms with Crippen LogP contribution in [0.25, 0.3) is 0 Å². The van der Waals surface area contributed by atoms with Crippen LogP contribution >= 0.6 is 0 Å². The molecule has 2 aliphatic heterocycles. The predicted molar refractivity (Wildman–Crippen MR) is 82.4 cm³/mol. The number of likely N-dealkylation sites (N-methyl/N-ethyl adjacent to an activating group) is 1. The zero-order valence-corrected chi connectivity index (χ0v) is 13.2. The van der Waals surface area contributed by atoms with Gasteiger partial charge in [-0.2, -0.15) is 0 Å². The maximum atomic E-state index is 5.49. The third-order valence-corrected chi connectivity index (χ3v) is 4.01. The zero-order valence-electron chi connectivity index (χ0n) is 13.2. The summed E-state index contributed by atoms with van der Waals surface area (Å²) in [6, 6.07) is 6.45. The minimum absolute atomic E-state index is 0.308. The third kappa shape index (κ3) is 3.04. The molecule has 1 aromatic rings. The minimum atomic E-state index is 0.308. The Balaban J connectivity index is 1.60. The van der Waals surface area contributed by atoms with Crippen molar-refractivity contribution in [2.45, 2.75) is 26.3 Å². The van der Waals surface area contributed by atoms with E-state index in [2.05, 4.69) is 31.5 Å². The summed E-state index contributed by atoms with van der Waals surface area (Å²) in [5.41, 5.74) is 1.22. The third-order valence-electron chi connectivity index (χ3n) is 4.01. The minimum Gasteiger partial charge on any atom is -0.454 e. The van der Waals surface area contributed by atoms with E-state index in [0.717, 1.165) is 29.4 Å². The number of allylic oxidation sites excluding steroid dienone is 1. The fourth-order valence-electron chi connectivity index (χ4n) is 2.55. The summed E-state index contributed by atoms with van der Waals surface area (Å²) >= 11 is 0. The van der Waals surface area contributed by atoms with E-state index in [-0.39, 0.29) is 0 Å². The van der Waals surface area contributed by atoms with Gasteiger partial charge in [0.15, 0.2) is 17.3 Å². The van der Waals surface area contributed by atoms with Gasteiger partial charge in [-0.1, -0.05) is 6.07 Å². The molecule has 0 aliphatic carbocycles. The van der Waals surface area contributed by atoms with Gasteiger partial charge in [0, 0.05) is 6.04 Å². The van der Waals surface area contributed by atoms with E-state index in [9.17, 15) is 0 Å². The van der Waals surface area contributed by atoms with Crippen molar-refractivity contribution in [2.75, 3.05) is 20.4 Å². The summed E-state index contributed by atoms with van der Waals surface area (Å²) in [7, 11) is 2.07. The Hall–Kier alpha value is -2.14. The highest BCUT2D eigenvalue weighted by molar-refractivity contribution is 5.44. The van der Waals surface area contributed by atoms with Crippen molar-refractivity contribution in [2.24, 2.45) is 0 Å². The molecule has 0 amide bonds. The van der Waals surface area contributed by atoms with Crippen LogP contribution in [0.2, 0.25) is 0 Å². The number of rotatable bonds is 5. The number of benzene rings is 1. The molecule has 5 heteroatoms. The Morgan fingerprint density at radius 1 is 1.23 bits per heavy atom. The first kappa shape index (κ1) is 14.8. The second-order valence-electron chi connectivity index (χ2n) is 5.71. The molecule has 0 fully saturated rings. The highest BCUT2D eigenvalue weighted by atomic mass is 16.7. The average Bonchev–Trinajstić information content (AvgIpc) is 3.05. The fraction of sp³-hybridized carbons (Fsp3) is 0.412. The van der Waals surface area contributed by atoms with Crippen LogP contribution in [0.1, 0.15) is 19.4 Å². The van der Waals surface area contributed by atoms with E-state index in [0.29, 0.717) is 25.3 Å². The van der Waals surface area contributed by atoms with Crippen LogP contribution in [0.3, 0.4) is 0 Å². The molecule has 0 aromatic heterocycles. The lowest BCUT2D eigenvalue weighted by molar-refractivity contribution is 0.162. The first-order valence-corrected chi connectivity index (χ1v) is 7.36. The van der Waals surface area contributed by atoms with E-state index in [1.54, 1.807) is 0 Å². The number of nitrogens with zero attached hydrogens (tertiary/aromatic N) is 1. The molecule has 0 saturated heterocycles. The lowest BCUT2D eigenvalue weighted by Gasteiger charge is -2.24. The van der Waals surface area contributed by atoms with Gasteiger partial charge < -0.3 is 18.9 Å². The number of hydrogen-bond donors (Lipinski definition) is 0. The molecule has 2 aliphatic rings. The second-order valence-corrected chi connectivity index (χ2v) is 5.71. The Bertz CT molecular complexity index is 623. The van der Waals surface area contributed by atoms with Crippen LogP contribution in [0, 0.1) is 0 Å². The Kier molecular flexibility index (Phi) is 3.98. The standard InChI is InChI=1S/C17H21NO4/c1-11(18(4)9-17-12(2)21-13(3)22-17)7-14-5-6-15-16(8-14)20-10-19-15/h5-6,8,11H,3,7,9-10H2,1-2,4H3/t11-/m0/s1. The summed E-state index contributed by atoms with van der Waals surface area (Å²) in [6.07, 6.45) is 0.918. The molecule has 22 heavy (non-hydrogen) atoms. The topological polar surface area (TPSA) is 40.2 Å². The summed E-state index contributed by atoms with van der Waals surface area (Å²) in [6.45, 7) is 8.76. The molecule has 0 bridgehead atoms. The molecular formula is C17H21NO4. The van der Waals surface area contributed by atoms with Crippen molar-refractivity contribution < 1.29 is 18.9 Å². The molecule has 0 saturated carbocycles. The molecule has 2 heterocycles. The van der Waals surface area contributed by atoms with E-state index in [1.165, 1.54) is 5.56 Å². The normalized spacial score (nSPS) is 17.7. The molecule has 5 nitrogen and oxygen atoms in total. The predicted octanol–water partition coefficient (Wildman–Crippen LogP) is 3.03. The summed E-state index contributed by atoms with van der Waals surface area (Å²) in [4.78, 5) is 2.23. The summed E-state index contributed by atoms with van der Waals surface area (Å²) in [5.74, 6) is 3.61. The molecule has 0 unspecified atom stereocenters. The fourth-order valence-corrected chi connectivity index (χ4v) is 2.55. The molecule has 0 N–H and O–H groups in total. The van der Waals surface area contributed by atoms with Gasteiger partial charge in [-0.25, -0.2) is 0 Å². The highest BCUT2D eigenvalue weighted by Crippen LogP contribution is 2.33. The first-order valence-electron chi connectivity index (χ1n) is 7.36. The number of fused-ring (bicyclic) bond motifs is 1. The smallest absolute Gasteiger partial charge is 0.282 e. The molecular weight excluding hydrogens is 282 g/mol. The molecule has 0 radical (unpaired) electrons. The zero-order chi connectivity index (χ0) is 15.7. The van der Waals surface area contributed by atoms with Crippen LogP contribution in [0.4, 0.5) is 0 Å². The van der Waals surface area contributed by atoms with Gasteiger partial charge in [0.1, 0.15) is 5.76 Å². The van der Waals surface area contributed by atoms with Gasteiger partial charge in [-0.15, -0.1) is 0 Å². The van der Waals surface area contributed by atoms with Crippen molar-refractivity contribution in [1.29, 1.82) is 0 Å². The van der Waals surface area contributed by atoms with Gasteiger partial charge in [-0.05, 0) is 51.6 Å². The quantitative estimate of drug-likeness (QED) is 0.836. The van der Waals surface area contributed by atoms with Crippen molar-refractivity contribution in [3.05, 3.63) is 47.8 Å². The van der Waals surface area contributed by atoms with E-state index in [1.807, 2.05) is 19.1 Å². The lowest BCUT2D eigenvalue weighted by Crippen LogP contribution is -2.32. The lowest BCUT2D eigenvalue weighted by atomic mass is 10.1. The van der Waals surface area contributed by atoms with Crippen molar-refractivity contribution in [1.82, 2.24) is 4.90 Å². The maximum Gasteiger partial charge on any atom is 0.282 e. The van der Waals surface area contributed by atoms with Crippen LogP contribution in [-0.4, -0.2) is 31.3 Å². The van der Waals surface area contributed by atoms with Gasteiger partial charge in [0.2, 0.25) is 6.79 Å². The van der Waals surface area contributed by atoms with Crippen LogP contribution in [0.5, 0.6) is 11.5 Å². The van der Waals surface area contributed by atoms with Gasteiger partial charge in [0.25, 0.3) is 5.95 Å². The van der Waals surface area contributed by atoms with Crippen LogP contribution in [-0.2, 0) is 15.9 Å². The van der Waals surface area contributed by atoms with Crippen molar-refractivity contribution in [3.8, 4) is 11.5 Å². The second kappa shape index (κ2) is 5.93.